The van der Waals surface area contributed by atoms with E-state index in [0.717, 1.165) is 19.3 Å². The Morgan fingerprint density at radius 2 is 2.33 bits per heavy atom. The number of thioether (sulfide) groups is 1. The first-order chi connectivity index (χ1) is 8.62. The van der Waals surface area contributed by atoms with Crippen molar-refractivity contribution in [1.82, 2.24) is 9.96 Å². The minimum atomic E-state index is -0.326. The standard InChI is InChI=1S/C12H18N2O3S/c1-12-5-4-10(15)14(12)9(8-18-12)11(16)13-6-2-3-7-17-13/h9H,2-8H2,1H3. The minimum Gasteiger partial charge on any atom is -0.315 e. The molecule has 3 heterocycles. The van der Waals surface area contributed by atoms with Crippen molar-refractivity contribution in [1.29, 1.82) is 0 Å². The highest BCUT2D eigenvalue weighted by Crippen LogP contribution is 2.47. The van der Waals surface area contributed by atoms with Gasteiger partial charge in [0, 0.05) is 18.7 Å². The first kappa shape index (κ1) is 12.3. The van der Waals surface area contributed by atoms with Crippen molar-refractivity contribution in [3.63, 3.8) is 0 Å². The zero-order valence-electron chi connectivity index (χ0n) is 10.6. The molecule has 0 aromatic heterocycles. The van der Waals surface area contributed by atoms with E-state index in [1.165, 1.54) is 5.06 Å². The van der Waals surface area contributed by atoms with Crippen LogP contribution in [0.1, 0.15) is 32.6 Å². The highest BCUT2D eigenvalue weighted by Gasteiger charge is 2.53. The molecule has 3 aliphatic heterocycles. The molecule has 2 unspecified atom stereocenters. The Bertz CT molecular complexity index is 384. The summed E-state index contributed by atoms with van der Waals surface area (Å²) in [7, 11) is 0. The summed E-state index contributed by atoms with van der Waals surface area (Å²) in [4.78, 5) is 31.4. The normalized spacial score (nSPS) is 36.1. The second-order valence-corrected chi connectivity index (χ2v) is 6.75. The number of fused-ring (bicyclic) bond motifs is 1. The van der Waals surface area contributed by atoms with E-state index in [0.29, 0.717) is 25.3 Å². The average molecular weight is 270 g/mol. The van der Waals surface area contributed by atoms with Crippen LogP contribution in [0.5, 0.6) is 0 Å². The van der Waals surface area contributed by atoms with Gasteiger partial charge in [-0.1, -0.05) is 0 Å². The number of nitrogens with zero attached hydrogens (tertiary/aromatic N) is 2. The summed E-state index contributed by atoms with van der Waals surface area (Å²) in [5, 5.41) is 1.46. The maximum atomic E-state index is 12.4. The second kappa shape index (κ2) is 4.42. The molecule has 0 spiro atoms. The highest BCUT2D eigenvalue weighted by atomic mass is 32.2. The van der Waals surface area contributed by atoms with Gasteiger partial charge in [0.2, 0.25) is 5.91 Å². The van der Waals surface area contributed by atoms with Gasteiger partial charge in [0.15, 0.2) is 0 Å². The number of amides is 2. The van der Waals surface area contributed by atoms with Gasteiger partial charge in [-0.2, -0.15) is 0 Å². The average Bonchev–Trinajstić information content (AvgIpc) is 2.87. The van der Waals surface area contributed by atoms with Gasteiger partial charge in [-0.15, -0.1) is 11.8 Å². The number of hydrogen-bond acceptors (Lipinski definition) is 4. The van der Waals surface area contributed by atoms with E-state index in [-0.39, 0.29) is 22.7 Å². The summed E-state index contributed by atoms with van der Waals surface area (Å²) >= 11 is 1.72. The number of carbonyl (C=O) groups excluding carboxylic acids is 2. The summed E-state index contributed by atoms with van der Waals surface area (Å²) < 4.78 is 0. The van der Waals surface area contributed by atoms with Gasteiger partial charge < -0.3 is 4.90 Å². The molecule has 3 rings (SSSR count). The van der Waals surface area contributed by atoms with E-state index in [1.807, 2.05) is 0 Å². The maximum absolute atomic E-state index is 12.4. The van der Waals surface area contributed by atoms with E-state index < -0.39 is 0 Å². The number of rotatable bonds is 1. The smallest absolute Gasteiger partial charge is 0.269 e. The Kier molecular flexibility index (Phi) is 3.02. The molecule has 0 aromatic carbocycles. The van der Waals surface area contributed by atoms with Crippen LogP contribution in [0.2, 0.25) is 0 Å². The number of hydrogen-bond donors (Lipinski definition) is 0. The Hall–Kier alpha value is -0.750. The van der Waals surface area contributed by atoms with Gasteiger partial charge in [0.1, 0.15) is 6.04 Å². The molecule has 0 bridgehead atoms. The third-order valence-electron chi connectivity index (χ3n) is 3.98. The minimum absolute atomic E-state index is 0.0406. The lowest BCUT2D eigenvalue weighted by molar-refractivity contribution is -0.201. The summed E-state index contributed by atoms with van der Waals surface area (Å²) in [6.45, 7) is 3.32. The van der Waals surface area contributed by atoms with Crippen LogP contribution < -0.4 is 0 Å². The van der Waals surface area contributed by atoms with Gasteiger partial charge in [-0.05, 0) is 26.2 Å². The quantitative estimate of drug-likeness (QED) is 0.713. The van der Waals surface area contributed by atoms with Crippen molar-refractivity contribution in [2.24, 2.45) is 0 Å². The zero-order valence-corrected chi connectivity index (χ0v) is 11.4. The van der Waals surface area contributed by atoms with E-state index >= 15 is 0 Å². The second-order valence-electron chi connectivity index (χ2n) is 5.25. The summed E-state index contributed by atoms with van der Waals surface area (Å²) in [6.07, 6.45) is 3.40. The lowest BCUT2D eigenvalue weighted by Crippen LogP contribution is -2.52. The number of carbonyl (C=O) groups is 2. The van der Waals surface area contributed by atoms with Crippen LogP contribution in [0.3, 0.4) is 0 Å². The maximum Gasteiger partial charge on any atom is 0.269 e. The molecule has 100 valence electrons. The molecule has 3 fully saturated rings. The van der Waals surface area contributed by atoms with Crippen LogP contribution in [0.15, 0.2) is 0 Å². The van der Waals surface area contributed by atoms with E-state index in [4.69, 9.17) is 4.84 Å². The fourth-order valence-corrected chi connectivity index (χ4v) is 4.36. The van der Waals surface area contributed by atoms with Gasteiger partial charge >= 0.3 is 0 Å². The van der Waals surface area contributed by atoms with Gasteiger partial charge in [-0.3, -0.25) is 14.4 Å². The molecule has 0 radical (unpaired) electrons. The predicted molar refractivity (Wildman–Crippen MR) is 67.6 cm³/mol. The number of hydroxylamine groups is 2. The topological polar surface area (TPSA) is 49.9 Å². The van der Waals surface area contributed by atoms with Gasteiger partial charge in [0.05, 0.1) is 11.5 Å². The molecule has 0 aromatic rings. The van der Waals surface area contributed by atoms with Crippen LogP contribution in [0.25, 0.3) is 0 Å². The summed E-state index contributed by atoms with van der Waals surface area (Å²) in [6, 6.07) is -0.326. The predicted octanol–water partition coefficient (Wildman–Crippen LogP) is 0.994. The highest BCUT2D eigenvalue weighted by molar-refractivity contribution is 8.01. The van der Waals surface area contributed by atoms with Crippen LogP contribution >= 0.6 is 11.8 Å². The summed E-state index contributed by atoms with van der Waals surface area (Å²) in [5.41, 5.74) is 0. The molecule has 2 atom stereocenters. The van der Waals surface area contributed by atoms with Crippen molar-refractivity contribution >= 4 is 23.6 Å². The van der Waals surface area contributed by atoms with Crippen LogP contribution in [0.4, 0.5) is 0 Å². The van der Waals surface area contributed by atoms with Gasteiger partial charge in [-0.25, -0.2) is 5.06 Å². The van der Waals surface area contributed by atoms with Crippen LogP contribution in [0, 0.1) is 0 Å². The van der Waals surface area contributed by atoms with Crippen molar-refractivity contribution in [3.05, 3.63) is 0 Å². The monoisotopic (exact) mass is 270 g/mol. The molecule has 3 aliphatic rings. The van der Waals surface area contributed by atoms with Crippen molar-refractivity contribution < 1.29 is 14.4 Å². The lowest BCUT2D eigenvalue weighted by atomic mass is 10.2. The first-order valence-electron chi connectivity index (χ1n) is 6.52. The van der Waals surface area contributed by atoms with Crippen molar-refractivity contribution in [2.75, 3.05) is 18.9 Å². The molecule has 6 heteroatoms. The molecule has 18 heavy (non-hydrogen) atoms. The lowest BCUT2D eigenvalue weighted by Gasteiger charge is -2.33. The Labute approximate surface area is 111 Å². The first-order valence-corrected chi connectivity index (χ1v) is 7.51. The van der Waals surface area contributed by atoms with E-state index in [9.17, 15) is 9.59 Å². The van der Waals surface area contributed by atoms with Crippen molar-refractivity contribution in [2.45, 2.75) is 43.5 Å². The van der Waals surface area contributed by atoms with Crippen LogP contribution in [-0.2, 0) is 14.4 Å². The van der Waals surface area contributed by atoms with Crippen molar-refractivity contribution in [3.8, 4) is 0 Å². The summed E-state index contributed by atoms with van der Waals surface area (Å²) in [5.74, 6) is 0.764. The Morgan fingerprint density at radius 1 is 1.50 bits per heavy atom. The SMILES string of the molecule is CC12CCC(=O)N1C(C(=O)N1CCCCO1)CS2. The largest absolute Gasteiger partial charge is 0.315 e. The fourth-order valence-electron chi connectivity index (χ4n) is 2.94. The molecule has 2 amide bonds. The molecule has 5 nitrogen and oxygen atoms in total. The Morgan fingerprint density at radius 3 is 3.06 bits per heavy atom. The van der Waals surface area contributed by atoms with Gasteiger partial charge in [0.25, 0.3) is 5.91 Å². The van der Waals surface area contributed by atoms with Crippen LogP contribution in [-0.4, -0.2) is 51.6 Å². The molecule has 0 N–H and O–H groups in total. The molecule has 3 saturated heterocycles. The molecule has 0 saturated carbocycles. The van der Waals surface area contributed by atoms with E-state index in [1.54, 1.807) is 16.7 Å². The fraction of sp³-hybridized carbons (Fsp3) is 0.833. The zero-order chi connectivity index (χ0) is 12.8. The Balaban J connectivity index is 1.76. The molecular formula is C12H18N2O3S. The molecule has 0 aliphatic carbocycles. The third kappa shape index (κ3) is 1.82. The molecular weight excluding hydrogens is 252 g/mol. The van der Waals surface area contributed by atoms with E-state index in [2.05, 4.69) is 6.92 Å². The third-order valence-corrected chi connectivity index (χ3v) is 5.48.